The SMILES string of the molecule is CCCCC(CC)NC(=O)c1cc(-c2csc(-c3ccc(OC)cc3)n2)n(-c2cccs2)c1C. The van der Waals surface area contributed by atoms with Crippen LogP contribution >= 0.6 is 22.7 Å². The Balaban J connectivity index is 1.70. The van der Waals surface area contributed by atoms with Crippen LogP contribution in [0, 0.1) is 6.92 Å². The smallest absolute Gasteiger partial charge is 0.253 e. The Hall–Kier alpha value is -2.90. The molecule has 178 valence electrons. The molecular formula is C27H31N3O2S2. The standard InChI is InChI=1S/C27H31N3O2S2/c1-5-7-9-20(6-2)28-26(31)22-16-24(30(18(22)3)25-10-8-15-33-25)23-17-34-27(29-23)19-11-13-21(32-4)14-12-19/h8,10-17,20H,5-7,9H2,1-4H3,(H,28,31). The number of hydrogen-bond donors (Lipinski definition) is 1. The Morgan fingerprint density at radius 1 is 1.18 bits per heavy atom. The molecule has 7 heteroatoms. The zero-order valence-corrected chi connectivity index (χ0v) is 21.8. The highest BCUT2D eigenvalue weighted by molar-refractivity contribution is 7.13. The topological polar surface area (TPSA) is 56.1 Å². The molecule has 0 saturated carbocycles. The third-order valence-electron chi connectivity index (χ3n) is 6.06. The van der Waals surface area contributed by atoms with Crippen LogP contribution in [0.2, 0.25) is 0 Å². The van der Waals surface area contributed by atoms with Crippen molar-refractivity contribution in [1.29, 1.82) is 0 Å². The van der Waals surface area contributed by atoms with E-state index in [0.29, 0.717) is 5.56 Å². The lowest BCUT2D eigenvalue weighted by molar-refractivity contribution is 0.0932. The summed E-state index contributed by atoms with van der Waals surface area (Å²) in [5, 5.41) is 9.39. The number of thiophene rings is 1. The fourth-order valence-corrected chi connectivity index (χ4v) is 5.67. The first-order valence-electron chi connectivity index (χ1n) is 11.7. The van der Waals surface area contributed by atoms with Crippen LogP contribution in [0.4, 0.5) is 0 Å². The Morgan fingerprint density at radius 2 is 1.97 bits per heavy atom. The van der Waals surface area contributed by atoms with Gasteiger partial charge in [-0.3, -0.25) is 4.79 Å². The summed E-state index contributed by atoms with van der Waals surface area (Å²) >= 11 is 3.26. The molecule has 4 aromatic rings. The van der Waals surface area contributed by atoms with Crippen molar-refractivity contribution in [3.05, 3.63) is 64.5 Å². The maximum absolute atomic E-state index is 13.3. The van der Waals surface area contributed by atoms with E-state index in [0.717, 1.165) is 64.1 Å². The van der Waals surface area contributed by atoms with Crippen molar-refractivity contribution in [2.75, 3.05) is 7.11 Å². The number of methoxy groups -OCH3 is 1. The highest BCUT2D eigenvalue weighted by Crippen LogP contribution is 2.35. The molecule has 5 nitrogen and oxygen atoms in total. The molecular weight excluding hydrogens is 462 g/mol. The third kappa shape index (κ3) is 5.10. The van der Waals surface area contributed by atoms with Gasteiger partial charge in [0.2, 0.25) is 0 Å². The zero-order chi connectivity index (χ0) is 24.1. The number of rotatable bonds is 10. The van der Waals surface area contributed by atoms with Gasteiger partial charge in [-0.25, -0.2) is 4.98 Å². The molecule has 1 N–H and O–H groups in total. The van der Waals surface area contributed by atoms with Crippen LogP contribution in [0.1, 0.15) is 55.6 Å². The number of ether oxygens (including phenoxy) is 1. The van der Waals surface area contributed by atoms with E-state index in [-0.39, 0.29) is 11.9 Å². The number of nitrogens with zero attached hydrogens (tertiary/aromatic N) is 2. The van der Waals surface area contributed by atoms with Crippen molar-refractivity contribution in [2.24, 2.45) is 0 Å². The Kier molecular flexibility index (Phi) is 7.85. The molecule has 1 unspecified atom stereocenters. The van der Waals surface area contributed by atoms with Gasteiger partial charge in [-0.05, 0) is 67.6 Å². The second-order valence-electron chi connectivity index (χ2n) is 8.30. The van der Waals surface area contributed by atoms with Gasteiger partial charge in [-0.2, -0.15) is 0 Å². The minimum atomic E-state index is -0.0115. The lowest BCUT2D eigenvalue weighted by Gasteiger charge is -2.16. The van der Waals surface area contributed by atoms with Crippen molar-refractivity contribution in [1.82, 2.24) is 14.9 Å². The van der Waals surface area contributed by atoms with Crippen LogP contribution in [0.15, 0.2) is 53.2 Å². The van der Waals surface area contributed by atoms with Crippen LogP contribution in [0.5, 0.6) is 5.75 Å². The second kappa shape index (κ2) is 11.0. The van der Waals surface area contributed by atoms with Crippen LogP contribution in [-0.2, 0) is 0 Å². The van der Waals surface area contributed by atoms with Gasteiger partial charge in [0, 0.05) is 22.7 Å². The zero-order valence-electron chi connectivity index (χ0n) is 20.1. The molecule has 0 aliphatic rings. The number of unbranched alkanes of at least 4 members (excludes halogenated alkanes) is 1. The lowest BCUT2D eigenvalue weighted by atomic mass is 10.1. The highest BCUT2D eigenvalue weighted by Gasteiger charge is 2.23. The molecule has 0 saturated heterocycles. The molecule has 3 aromatic heterocycles. The number of carbonyl (C=O) groups is 1. The van der Waals surface area contributed by atoms with Crippen molar-refractivity contribution >= 4 is 28.6 Å². The minimum absolute atomic E-state index is 0.0115. The van der Waals surface area contributed by atoms with Gasteiger partial charge in [0.25, 0.3) is 5.91 Å². The van der Waals surface area contributed by atoms with Gasteiger partial charge in [-0.1, -0.05) is 26.7 Å². The van der Waals surface area contributed by atoms with Gasteiger partial charge in [0.1, 0.15) is 10.8 Å². The first kappa shape index (κ1) is 24.2. The highest BCUT2D eigenvalue weighted by atomic mass is 32.1. The Labute approximate surface area is 209 Å². The van der Waals surface area contributed by atoms with E-state index >= 15 is 0 Å². The number of aromatic nitrogens is 2. The Bertz CT molecular complexity index is 1220. The minimum Gasteiger partial charge on any atom is -0.497 e. The van der Waals surface area contributed by atoms with E-state index in [1.807, 2.05) is 43.3 Å². The summed E-state index contributed by atoms with van der Waals surface area (Å²) in [6.45, 7) is 6.33. The maximum atomic E-state index is 13.3. The summed E-state index contributed by atoms with van der Waals surface area (Å²) in [5.74, 6) is 0.810. The maximum Gasteiger partial charge on any atom is 0.253 e. The first-order chi connectivity index (χ1) is 16.5. The summed E-state index contributed by atoms with van der Waals surface area (Å²) in [6.07, 6.45) is 4.19. The molecule has 1 amide bonds. The molecule has 0 aliphatic carbocycles. The first-order valence-corrected chi connectivity index (χ1v) is 13.5. The quantitative estimate of drug-likeness (QED) is 0.251. The number of carbonyl (C=O) groups excluding carboxylic acids is 1. The number of amides is 1. The summed E-state index contributed by atoms with van der Waals surface area (Å²) < 4.78 is 7.43. The van der Waals surface area contributed by atoms with Gasteiger partial charge in [-0.15, -0.1) is 22.7 Å². The van der Waals surface area contributed by atoms with Crippen LogP contribution in [0.3, 0.4) is 0 Å². The molecule has 0 spiro atoms. The molecule has 1 aromatic carbocycles. The van der Waals surface area contributed by atoms with Crippen molar-refractivity contribution < 1.29 is 9.53 Å². The predicted molar refractivity (Wildman–Crippen MR) is 143 cm³/mol. The van der Waals surface area contributed by atoms with E-state index in [1.165, 1.54) is 0 Å². The van der Waals surface area contributed by atoms with Crippen molar-refractivity contribution in [3.63, 3.8) is 0 Å². The fraction of sp³-hybridized carbons (Fsp3) is 0.333. The third-order valence-corrected chi connectivity index (χ3v) is 7.80. The fourth-order valence-electron chi connectivity index (χ4n) is 4.06. The predicted octanol–water partition coefficient (Wildman–Crippen LogP) is 7.34. The molecule has 3 heterocycles. The normalized spacial score (nSPS) is 12.0. The lowest BCUT2D eigenvalue weighted by Crippen LogP contribution is -2.34. The van der Waals surface area contributed by atoms with Gasteiger partial charge in [0.05, 0.1) is 29.1 Å². The monoisotopic (exact) mass is 493 g/mol. The number of nitrogens with one attached hydrogen (secondary N) is 1. The molecule has 4 rings (SSSR count). The number of hydrogen-bond acceptors (Lipinski definition) is 5. The van der Waals surface area contributed by atoms with E-state index in [1.54, 1.807) is 29.8 Å². The van der Waals surface area contributed by atoms with Gasteiger partial charge < -0.3 is 14.6 Å². The van der Waals surface area contributed by atoms with Crippen molar-refractivity contribution in [3.8, 4) is 32.7 Å². The molecule has 34 heavy (non-hydrogen) atoms. The average molecular weight is 494 g/mol. The van der Waals surface area contributed by atoms with Crippen molar-refractivity contribution in [2.45, 2.75) is 52.5 Å². The van der Waals surface area contributed by atoms with Crippen LogP contribution < -0.4 is 10.1 Å². The van der Waals surface area contributed by atoms with E-state index in [2.05, 4.69) is 40.6 Å². The molecule has 0 radical (unpaired) electrons. The average Bonchev–Trinajstić information content (AvgIpc) is 3.61. The van der Waals surface area contributed by atoms with Crippen LogP contribution in [-0.4, -0.2) is 28.6 Å². The summed E-state index contributed by atoms with van der Waals surface area (Å²) in [7, 11) is 1.66. The Morgan fingerprint density at radius 3 is 2.62 bits per heavy atom. The molecule has 0 bridgehead atoms. The second-order valence-corrected chi connectivity index (χ2v) is 10.1. The van der Waals surface area contributed by atoms with E-state index < -0.39 is 0 Å². The van der Waals surface area contributed by atoms with Gasteiger partial charge >= 0.3 is 0 Å². The molecule has 0 fully saturated rings. The largest absolute Gasteiger partial charge is 0.497 e. The summed E-state index contributed by atoms with van der Waals surface area (Å²) in [5.41, 5.74) is 4.48. The van der Waals surface area contributed by atoms with Crippen LogP contribution in [0.25, 0.3) is 27.0 Å². The summed E-state index contributed by atoms with van der Waals surface area (Å²) in [6, 6.07) is 14.2. The van der Waals surface area contributed by atoms with E-state index in [9.17, 15) is 4.79 Å². The van der Waals surface area contributed by atoms with Gasteiger partial charge in [0.15, 0.2) is 0 Å². The molecule has 1 atom stereocenters. The summed E-state index contributed by atoms with van der Waals surface area (Å²) in [4.78, 5) is 18.2. The number of benzene rings is 1. The number of thiazole rings is 1. The van der Waals surface area contributed by atoms with E-state index in [4.69, 9.17) is 9.72 Å². The molecule has 0 aliphatic heterocycles.